The number of hydrogen-bond acceptors (Lipinski definition) is 4. The first kappa shape index (κ1) is 19.3. The van der Waals surface area contributed by atoms with Crippen molar-refractivity contribution in [1.29, 1.82) is 0 Å². The maximum Gasteiger partial charge on any atom is 0.309 e. The van der Waals surface area contributed by atoms with E-state index in [9.17, 15) is 4.79 Å². The molecule has 1 saturated heterocycles. The summed E-state index contributed by atoms with van der Waals surface area (Å²) in [4.78, 5) is 18.9. The number of likely N-dealkylation sites (tertiary alicyclic amines) is 1. The molecule has 2 rings (SSSR count). The number of rotatable bonds is 7. The molecular weight excluding hydrogens is 318 g/mol. The minimum atomic E-state index is -0.0560. The summed E-state index contributed by atoms with van der Waals surface area (Å²) in [6.07, 6.45) is 5.53. The molecule has 1 aromatic rings. The molecule has 7 heteroatoms. The molecule has 0 unspecified atom stereocenters. The number of H-pyrrole nitrogens is 1. The second-order valence-corrected chi connectivity index (χ2v) is 6.37. The Labute approximate surface area is 150 Å². The summed E-state index contributed by atoms with van der Waals surface area (Å²) in [6, 6.07) is 0. The van der Waals surface area contributed by atoms with Crippen molar-refractivity contribution in [2.24, 2.45) is 10.9 Å². The number of esters is 1. The number of nitrogens with one attached hydrogen (secondary N) is 2. The molecule has 1 aromatic heterocycles. The third kappa shape index (κ3) is 5.76. The summed E-state index contributed by atoms with van der Waals surface area (Å²) in [5.41, 5.74) is 2.40. The zero-order valence-electron chi connectivity index (χ0n) is 15.7. The summed E-state index contributed by atoms with van der Waals surface area (Å²) >= 11 is 0. The predicted octanol–water partition coefficient (Wildman–Crippen LogP) is 1.89. The highest BCUT2D eigenvalue weighted by atomic mass is 16.5. The first-order chi connectivity index (χ1) is 12.2. The van der Waals surface area contributed by atoms with Crippen LogP contribution in [0.15, 0.2) is 11.2 Å². The topological polar surface area (TPSA) is 82.6 Å². The number of aromatic nitrogens is 2. The summed E-state index contributed by atoms with van der Waals surface area (Å²) < 4.78 is 5.14. The molecule has 0 aliphatic carbocycles. The molecule has 0 bridgehead atoms. The highest BCUT2D eigenvalue weighted by Gasteiger charge is 2.27. The standard InChI is InChI=1S/C18H31N5O2/c1-4-19-18(20-10-6-7-16-13-21-22-14(16)3)23-11-8-15(9-12-23)17(24)25-5-2/h13,15H,4-12H2,1-3H3,(H,19,20)(H,21,22). The van der Waals surface area contributed by atoms with Crippen molar-refractivity contribution < 1.29 is 9.53 Å². The van der Waals surface area contributed by atoms with E-state index in [0.29, 0.717) is 6.61 Å². The van der Waals surface area contributed by atoms with Gasteiger partial charge in [0, 0.05) is 31.9 Å². The Kier molecular flexibility index (Phi) is 7.76. The van der Waals surface area contributed by atoms with Gasteiger partial charge >= 0.3 is 5.97 Å². The average molecular weight is 349 g/mol. The number of carbonyl (C=O) groups excluding carboxylic acids is 1. The average Bonchev–Trinajstić information content (AvgIpc) is 3.03. The first-order valence-electron chi connectivity index (χ1n) is 9.34. The lowest BCUT2D eigenvalue weighted by molar-refractivity contribution is -0.149. The van der Waals surface area contributed by atoms with Crippen LogP contribution in [0.4, 0.5) is 0 Å². The maximum absolute atomic E-state index is 11.9. The van der Waals surface area contributed by atoms with Crippen molar-refractivity contribution in [2.45, 2.75) is 46.5 Å². The summed E-state index contributed by atoms with van der Waals surface area (Å²) in [7, 11) is 0. The van der Waals surface area contributed by atoms with Crippen molar-refractivity contribution in [1.82, 2.24) is 20.4 Å². The van der Waals surface area contributed by atoms with E-state index in [-0.39, 0.29) is 11.9 Å². The normalized spacial score (nSPS) is 16.1. The van der Waals surface area contributed by atoms with Crippen LogP contribution in [0.5, 0.6) is 0 Å². The molecule has 0 saturated carbocycles. The number of guanidine groups is 1. The summed E-state index contributed by atoms with van der Waals surface area (Å²) in [5.74, 6) is 0.927. The number of hydrogen-bond donors (Lipinski definition) is 2. The molecule has 1 aliphatic heterocycles. The summed E-state index contributed by atoms with van der Waals surface area (Å²) in [5, 5.41) is 10.4. The van der Waals surface area contributed by atoms with E-state index < -0.39 is 0 Å². The number of piperidine rings is 1. The quantitative estimate of drug-likeness (QED) is 0.340. The molecule has 0 amide bonds. The van der Waals surface area contributed by atoms with Crippen molar-refractivity contribution >= 4 is 11.9 Å². The molecule has 25 heavy (non-hydrogen) atoms. The number of aliphatic imine (C=N–C) groups is 1. The molecule has 0 spiro atoms. The first-order valence-corrected chi connectivity index (χ1v) is 9.34. The van der Waals surface area contributed by atoms with E-state index in [0.717, 1.165) is 63.5 Å². The van der Waals surface area contributed by atoms with E-state index in [1.807, 2.05) is 20.0 Å². The third-order valence-corrected chi connectivity index (χ3v) is 4.55. The van der Waals surface area contributed by atoms with Gasteiger partial charge in [-0.25, -0.2) is 0 Å². The zero-order chi connectivity index (χ0) is 18.1. The minimum Gasteiger partial charge on any atom is -0.466 e. The van der Waals surface area contributed by atoms with Gasteiger partial charge in [0.15, 0.2) is 5.96 Å². The van der Waals surface area contributed by atoms with Gasteiger partial charge in [-0.2, -0.15) is 5.10 Å². The highest BCUT2D eigenvalue weighted by molar-refractivity contribution is 5.80. The van der Waals surface area contributed by atoms with E-state index in [4.69, 9.17) is 9.73 Å². The van der Waals surface area contributed by atoms with Gasteiger partial charge in [0.05, 0.1) is 18.7 Å². The number of ether oxygens (including phenoxy) is 1. The van der Waals surface area contributed by atoms with Gasteiger partial charge < -0.3 is 15.0 Å². The SMILES string of the molecule is CCNC(=NCCCc1cn[nH]c1C)N1CCC(C(=O)OCC)CC1. The van der Waals surface area contributed by atoms with Crippen molar-refractivity contribution in [3.63, 3.8) is 0 Å². The highest BCUT2D eigenvalue weighted by Crippen LogP contribution is 2.18. The summed E-state index contributed by atoms with van der Waals surface area (Å²) in [6.45, 7) is 9.75. The van der Waals surface area contributed by atoms with Crippen LogP contribution in [0.25, 0.3) is 0 Å². The van der Waals surface area contributed by atoms with Gasteiger partial charge in [-0.05, 0) is 52.0 Å². The molecule has 2 heterocycles. The Morgan fingerprint density at radius 2 is 2.20 bits per heavy atom. The number of carbonyl (C=O) groups is 1. The van der Waals surface area contributed by atoms with E-state index in [1.165, 1.54) is 5.56 Å². The van der Waals surface area contributed by atoms with E-state index >= 15 is 0 Å². The lowest BCUT2D eigenvalue weighted by Gasteiger charge is -2.33. The van der Waals surface area contributed by atoms with Crippen LogP contribution in [0.1, 0.15) is 44.4 Å². The Hall–Kier alpha value is -2.05. The fraction of sp³-hybridized carbons (Fsp3) is 0.722. The van der Waals surface area contributed by atoms with Gasteiger partial charge in [-0.15, -0.1) is 0 Å². The molecule has 1 aliphatic rings. The molecule has 7 nitrogen and oxygen atoms in total. The molecule has 140 valence electrons. The van der Waals surface area contributed by atoms with Gasteiger partial charge in [-0.1, -0.05) is 0 Å². The van der Waals surface area contributed by atoms with Gasteiger partial charge in [0.2, 0.25) is 0 Å². The fourth-order valence-electron chi connectivity index (χ4n) is 3.10. The van der Waals surface area contributed by atoms with Gasteiger partial charge in [-0.3, -0.25) is 14.9 Å². The van der Waals surface area contributed by atoms with Crippen molar-refractivity contribution in [2.75, 3.05) is 32.8 Å². The maximum atomic E-state index is 11.9. The Balaban J connectivity index is 1.81. The molecular formula is C18H31N5O2. The van der Waals surface area contributed by atoms with Crippen LogP contribution in [0.2, 0.25) is 0 Å². The van der Waals surface area contributed by atoms with Crippen LogP contribution >= 0.6 is 0 Å². The molecule has 1 fully saturated rings. The van der Waals surface area contributed by atoms with Crippen LogP contribution in [-0.4, -0.2) is 59.8 Å². The monoisotopic (exact) mass is 349 g/mol. The van der Waals surface area contributed by atoms with E-state index in [2.05, 4.69) is 27.3 Å². The van der Waals surface area contributed by atoms with Crippen molar-refractivity contribution in [3.05, 3.63) is 17.5 Å². The largest absolute Gasteiger partial charge is 0.466 e. The molecule has 0 radical (unpaired) electrons. The third-order valence-electron chi connectivity index (χ3n) is 4.55. The van der Waals surface area contributed by atoms with Gasteiger partial charge in [0.25, 0.3) is 0 Å². The van der Waals surface area contributed by atoms with Gasteiger partial charge in [0.1, 0.15) is 0 Å². The number of aryl methyl sites for hydroxylation is 2. The Morgan fingerprint density at radius 1 is 1.44 bits per heavy atom. The lowest BCUT2D eigenvalue weighted by atomic mass is 9.97. The van der Waals surface area contributed by atoms with Crippen LogP contribution in [-0.2, 0) is 16.0 Å². The lowest BCUT2D eigenvalue weighted by Crippen LogP contribution is -2.46. The number of aromatic amines is 1. The Morgan fingerprint density at radius 3 is 2.80 bits per heavy atom. The fourth-order valence-corrected chi connectivity index (χ4v) is 3.10. The molecule has 0 aromatic carbocycles. The molecule has 2 N–H and O–H groups in total. The predicted molar refractivity (Wildman–Crippen MR) is 98.6 cm³/mol. The van der Waals surface area contributed by atoms with E-state index in [1.54, 1.807) is 0 Å². The van der Waals surface area contributed by atoms with Crippen molar-refractivity contribution in [3.8, 4) is 0 Å². The van der Waals surface area contributed by atoms with Crippen LogP contribution in [0, 0.1) is 12.8 Å². The minimum absolute atomic E-state index is 0.0307. The second-order valence-electron chi connectivity index (χ2n) is 6.37. The van der Waals surface area contributed by atoms with Crippen LogP contribution < -0.4 is 5.32 Å². The zero-order valence-corrected chi connectivity index (χ0v) is 15.7. The Bertz CT molecular complexity index is 562. The van der Waals surface area contributed by atoms with Crippen LogP contribution in [0.3, 0.4) is 0 Å². The second kappa shape index (κ2) is 10.1. The number of nitrogens with zero attached hydrogens (tertiary/aromatic N) is 3. The molecule has 0 atom stereocenters. The smallest absolute Gasteiger partial charge is 0.309 e.